The van der Waals surface area contributed by atoms with Gasteiger partial charge in [0.2, 0.25) is 0 Å². The highest BCUT2D eigenvalue weighted by molar-refractivity contribution is 6.35. The van der Waals surface area contributed by atoms with Crippen molar-refractivity contribution in [2.24, 2.45) is 17.0 Å². The number of rotatable bonds is 8. The van der Waals surface area contributed by atoms with Crippen LogP contribution in [0.15, 0.2) is 70.5 Å². The van der Waals surface area contributed by atoms with Crippen molar-refractivity contribution in [2.75, 3.05) is 6.61 Å². The van der Waals surface area contributed by atoms with Crippen LogP contribution in [0.5, 0.6) is 0 Å². The molecule has 1 aromatic heterocycles. The molecule has 7 nitrogen and oxygen atoms in total. The Morgan fingerprint density at radius 2 is 1.90 bits per heavy atom. The molecule has 3 aromatic rings. The van der Waals surface area contributed by atoms with E-state index >= 15 is 0 Å². The summed E-state index contributed by atoms with van der Waals surface area (Å²) in [4.78, 5) is 14.2. The topological polar surface area (TPSA) is 78.9 Å². The molecule has 1 aliphatic rings. The van der Waals surface area contributed by atoms with E-state index in [0.717, 1.165) is 31.0 Å². The minimum absolute atomic E-state index is 0.214. The lowest BCUT2D eigenvalue weighted by atomic mass is 10.1. The molecular weight excluding hydrogens is 564 g/mol. The van der Waals surface area contributed by atoms with Crippen molar-refractivity contribution in [3.05, 3.63) is 87.4 Å². The fourth-order valence-electron chi connectivity index (χ4n) is 4.30. The number of benzene rings is 2. The zero-order chi connectivity index (χ0) is 28.9. The molecule has 0 saturated carbocycles. The fourth-order valence-corrected chi connectivity index (χ4v) is 4.83. The van der Waals surface area contributed by atoms with Gasteiger partial charge in [0.1, 0.15) is 17.9 Å². The molecule has 0 amide bonds. The highest BCUT2D eigenvalue weighted by Gasteiger charge is 2.34. The SMILES string of the molecule is C=N/C(=N\C(=C/Cc1ccc(-c2nc(C(F)(F)F)cn2C)cc1)N(C=N)C1CCCCO1)c1cc(Cl)cc(Cl)c1. The van der Waals surface area contributed by atoms with Crippen LogP contribution in [-0.2, 0) is 24.4 Å². The lowest BCUT2D eigenvalue weighted by Gasteiger charge is -2.32. The van der Waals surface area contributed by atoms with E-state index < -0.39 is 11.9 Å². The van der Waals surface area contributed by atoms with Gasteiger partial charge in [-0.2, -0.15) is 13.2 Å². The normalized spacial score (nSPS) is 16.6. The Morgan fingerprint density at radius 3 is 2.45 bits per heavy atom. The van der Waals surface area contributed by atoms with Gasteiger partial charge in [0.25, 0.3) is 0 Å². The van der Waals surface area contributed by atoms with Gasteiger partial charge in [-0.3, -0.25) is 10.3 Å². The third kappa shape index (κ3) is 7.18. The molecule has 12 heteroatoms. The van der Waals surface area contributed by atoms with E-state index in [-0.39, 0.29) is 17.9 Å². The van der Waals surface area contributed by atoms with E-state index in [1.54, 1.807) is 35.2 Å². The van der Waals surface area contributed by atoms with Gasteiger partial charge in [0, 0.05) is 41.0 Å². The molecule has 2 heterocycles. The number of nitrogens with one attached hydrogen (secondary N) is 1. The quantitative estimate of drug-likeness (QED) is 0.219. The maximum atomic E-state index is 13.1. The number of hydrogen-bond donors (Lipinski definition) is 1. The summed E-state index contributed by atoms with van der Waals surface area (Å²) in [6, 6.07) is 12.0. The van der Waals surface area contributed by atoms with Crippen molar-refractivity contribution in [3.63, 3.8) is 0 Å². The second-order valence-electron chi connectivity index (χ2n) is 9.13. The summed E-state index contributed by atoms with van der Waals surface area (Å²) >= 11 is 12.4. The average molecular weight is 591 g/mol. The molecule has 1 unspecified atom stereocenters. The molecule has 4 rings (SSSR count). The number of hydrogen-bond acceptors (Lipinski definition) is 4. The van der Waals surface area contributed by atoms with Crippen LogP contribution in [-0.4, -0.2) is 46.2 Å². The minimum Gasteiger partial charge on any atom is -0.358 e. The summed E-state index contributed by atoms with van der Waals surface area (Å²) in [7, 11) is 1.52. The summed E-state index contributed by atoms with van der Waals surface area (Å²) in [5, 5.41) is 8.94. The first-order valence-corrected chi connectivity index (χ1v) is 13.2. The Morgan fingerprint density at radius 1 is 1.20 bits per heavy atom. The van der Waals surface area contributed by atoms with E-state index in [2.05, 4.69) is 16.7 Å². The van der Waals surface area contributed by atoms with Gasteiger partial charge in [-0.25, -0.2) is 15.0 Å². The van der Waals surface area contributed by atoms with Crippen LogP contribution in [0.3, 0.4) is 0 Å². The van der Waals surface area contributed by atoms with Crippen LogP contribution in [0.4, 0.5) is 13.2 Å². The molecule has 1 N–H and O–H groups in total. The predicted octanol–water partition coefficient (Wildman–Crippen LogP) is 7.38. The summed E-state index contributed by atoms with van der Waals surface area (Å²) in [6.07, 6.45) is 2.10. The summed E-state index contributed by atoms with van der Waals surface area (Å²) in [5.74, 6) is 0.901. The highest BCUT2D eigenvalue weighted by Crippen LogP contribution is 2.31. The first-order valence-electron chi connectivity index (χ1n) is 12.4. The minimum atomic E-state index is -4.52. The van der Waals surface area contributed by atoms with Gasteiger partial charge >= 0.3 is 6.18 Å². The van der Waals surface area contributed by atoms with Crippen LogP contribution in [0, 0.1) is 5.41 Å². The van der Waals surface area contributed by atoms with Gasteiger partial charge in [-0.1, -0.05) is 47.5 Å². The number of allylic oxidation sites excluding steroid dienone is 1. The second-order valence-corrected chi connectivity index (χ2v) is 10.0. The van der Waals surface area contributed by atoms with Crippen molar-refractivity contribution in [1.82, 2.24) is 14.5 Å². The molecule has 0 radical (unpaired) electrons. The molecule has 1 fully saturated rings. The number of nitrogens with zero attached hydrogens (tertiary/aromatic N) is 5. The number of aliphatic imine (C=N–C) groups is 2. The van der Waals surface area contributed by atoms with E-state index in [0.29, 0.717) is 40.0 Å². The van der Waals surface area contributed by atoms with E-state index in [1.165, 1.54) is 18.0 Å². The van der Waals surface area contributed by atoms with Crippen LogP contribution < -0.4 is 0 Å². The number of halogens is 5. The Kier molecular flexibility index (Phi) is 9.44. The maximum Gasteiger partial charge on any atom is 0.434 e. The van der Waals surface area contributed by atoms with Crippen LogP contribution in [0.1, 0.15) is 36.1 Å². The number of alkyl halides is 3. The number of ether oxygens (including phenoxy) is 1. The van der Waals surface area contributed by atoms with E-state index in [1.807, 2.05) is 18.2 Å². The molecule has 210 valence electrons. The zero-order valence-corrected chi connectivity index (χ0v) is 23.1. The molecular formula is C28H27Cl2F3N6O. The molecule has 1 saturated heterocycles. The summed E-state index contributed by atoms with van der Waals surface area (Å²) < 4.78 is 46.5. The maximum absolute atomic E-state index is 13.1. The molecule has 0 bridgehead atoms. The van der Waals surface area contributed by atoms with Gasteiger partial charge in [-0.15, -0.1) is 0 Å². The summed E-state index contributed by atoms with van der Waals surface area (Å²) in [6.45, 7) is 4.23. The standard InChI is InChI=1S/C28H27Cl2F3N6O/c1-35-26(20-13-21(29)15-22(30)14-20)37-24(39(17-34)25-5-3-4-12-40-25)11-8-18-6-9-19(10-7-18)27-36-23(16-38(27)2)28(31,32)33/h6-7,9-11,13-17,25,34H,1,3-5,8,12H2,2H3/b24-11+,34-17?,37-26-. The third-order valence-electron chi connectivity index (χ3n) is 6.26. The van der Waals surface area contributed by atoms with Gasteiger partial charge < -0.3 is 9.30 Å². The molecule has 1 atom stereocenters. The second kappa shape index (κ2) is 12.8. The van der Waals surface area contributed by atoms with Gasteiger partial charge in [-0.05, 0) is 62.2 Å². The van der Waals surface area contributed by atoms with Crippen LogP contribution in [0.25, 0.3) is 11.4 Å². The van der Waals surface area contributed by atoms with Crippen LogP contribution >= 0.6 is 23.2 Å². The molecule has 2 aromatic carbocycles. The molecule has 0 aliphatic carbocycles. The van der Waals surface area contributed by atoms with Crippen LogP contribution in [0.2, 0.25) is 10.0 Å². The lowest BCUT2D eigenvalue weighted by molar-refractivity contribution is -0.140. The predicted molar refractivity (Wildman–Crippen MR) is 152 cm³/mol. The van der Waals surface area contributed by atoms with Crippen molar-refractivity contribution in [2.45, 2.75) is 38.1 Å². The first kappa shape index (κ1) is 29.5. The van der Waals surface area contributed by atoms with Gasteiger partial charge in [0.05, 0.1) is 6.34 Å². The third-order valence-corrected chi connectivity index (χ3v) is 6.70. The monoisotopic (exact) mass is 590 g/mol. The highest BCUT2D eigenvalue weighted by atomic mass is 35.5. The molecule has 0 spiro atoms. The van der Waals surface area contributed by atoms with Crippen molar-refractivity contribution < 1.29 is 17.9 Å². The van der Waals surface area contributed by atoms with E-state index in [9.17, 15) is 13.2 Å². The fraction of sp³-hybridized carbons (Fsp3) is 0.286. The van der Waals surface area contributed by atoms with Crippen molar-refractivity contribution in [1.29, 1.82) is 5.41 Å². The number of aryl methyl sites for hydroxylation is 1. The summed E-state index contributed by atoms with van der Waals surface area (Å²) in [5.41, 5.74) is 1.04. The molecule has 1 aliphatic heterocycles. The Labute approximate surface area is 240 Å². The van der Waals surface area contributed by atoms with Crippen molar-refractivity contribution >= 4 is 42.1 Å². The van der Waals surface area contributed by atoms with E-state index in [4.69, 9.17) is 38.3 Å². The molecule has 40 heavy (non-hydrogen) atoms. The number of imidazole rings is 1. The lowest BCUT2D eigenvalue weighted by Crippen LogP contribution is -2.37. The largest absolute Gasteiger partial charge is 0.434 e. The average Bonchev–Trinajstić information content (AvgIpc) is 3.33. The smallest absolute Gasteiger partial charge is 0.358 e. The Bertz CT molecular complexity index is 1410. The zero-order valence-electron chi connectivity index (χ0n) is 21.6. The number of aromatic nitrogens is 2. The number of amidine groups is 1. The Hall–Kier alpha value is -3.47. The van der Waals surface area contributed by atoms with Crippen molar-refractivity contribution in [3.8, 4) is 11.4 Å². The Balaban J connectivity index is 1.66. The van der Waals surface area contributed by atoms with Gasteiger partial charge in [0.15, 0.2) is 11.5 Å². The first-order chi connectivity index (χ1) is 19.1.